The highest BCUT2D eigenvalue weighted by Crippen LogP contribution is 2.30. The number of hydrogen-bond acceptors (Lipinski definition) is 3. The van der Waals surface area contributed by atoms with E-state index >= 15 is 0 Å². The zero-order valence-electron chi connectivity index (χ0n) is 11.5. The van der Waals surface area contributed by atoms with Crippen LogP contribution in [0.5, 0.6) is 0 Å². The number of benzene rings is 1. The Morgan fingerprint density at radius 3 is 2.85 bits per heavy atom. The molecule has 0 bridgehead atoms. The predicted octanol–water partition coefficient (Wildman–Crippen LogP) is 2.97. The molecular formula is C14H17N3O3. The SMILES string of the molecule is CCCC1=CN(C)C(=O)NC1c1cccc([N+](=O)[O-])c1. The summed E-state index contributed by atoms with van der Waals surface area (Å²) in [6, 6.07) is 5.90. The van der Waals surface area contributed by atoms with Crippen molar-refractivity contribution in [2.45, 2.75) is 25.8 Å². The molecule has 0 fully saturated rings. The van der Waals surface area contributed by atoms with Gasteiger partial charge in [-0.2, -0.15) is 0 Å². The van der Waals surface area contributed by atoms with E-state index in [4.69, 9.17) is 0 Å². The van der Waals surface area contributed by atoms with Gasteiger partial charge < -0.3 is 10.2 Å². The number of nitro benzene ring substituents is 1. The van der Waals surface area contributed by atoms with Crippen molar-refractivity contribution in [3.63, 3.8) is 0 Å². The lowest BCUT2D eigenvalue weighted by molar-refractivity contribution is -0.384. The van der Waals surface area contributed by atoms with Gasteiger partial charge in [0, 0.05) is 25.4 Å². The number of hydrogen-bond donors (Lipinski definition) is 1. The number of carbonyl (C=O) groups excluding carboxylic acids is 1. The predicted molar refractivity (Wildman–Crippen MR) is 75.1 cm³/mol. The molecule has 2 amide bonds. The van der Waals surface area contributed by atoms with Crippen molar-refractivity contribution in [1.82, 2.24) is 10.2 Å². The van der Waals surface area contributed by atoms with Crippen LogP contribution < -0.4 is 5.32 Å². The summed E-state index contributed by atoms with van der Waals surface area (Å²) in [5.41, 5.74) is 1.82. The van der Waals surface area contributed by atoms with E-state index in [-0.39, 0.29) is 17.8 Å². The molecule has 1 unspecified atom stereocenters. The van der Waals surface area contributed by atoms with Crippen LogP contribution in [0.1, 0.15) is 31.4 Å². The van der Waals surface area contributed by atoms with Crippen molar-refractivity contribution < 1.29 is 9.72 Å². The first-order chi connectivity index (χ1) is 9.52. The maximum absolute atomic E-state index is 11.8. The third-order valence-electron chi connectivity index (χ3n) is 3.27. The number of rotatable bonds is 4. The summed E-state index contributed by atoms with van der Waals surface area (Å²) in [5.74, 6) is 0. The summed E-state index contributed by atoms with van der Waals surface area (Å²) < 4.78 is 0. The fraction of sp³-hybridized carbons (Fsp3) is 0.357. The molecule has 1 atom stereocenters. The Kier molecular flexibility index (Phi) is 4.02. The zero-order valence-corrected chi connectivity index (χ0v) is 11.5. The zero-order chi connectivity index (χ0) is 14.7. The van der Waals surface area contributed by atoms with Crippen LogP contribution >= 0.6 is 0 Å². The standard InChI is InChI=1S/C14H17N3O3/c1-3-5-11-9-16(2)14(18)15-13(11)10-6-4-7-12(8-10)17(19)20/h4,6-9,13H,3,5H2,1-2H3,(H,15,18). The number of nitrogens with zero attached hydrogens (tertiary/aromatic N) is 2. The van der Waals surface area contributed by atoms with Gasteiger partial charge in [-0.25, -0.2) is 4.79 Å². The maximum Gasteiger partial charge on any atom is 0.321 e. The molecule has 1 aliphatic rings. The van der Waals surface area contributed by atoms with E-state index in [0.29, 0.717) is 0 Å². The van der Waals surface area contributed by atoms with Gasteiger partial charge in [-0.3, -0.25) is 10.1 Å². The highest BCUT2D eigenvalue weighted by Gasteiger charge is 2.26. The Morgan fingerprint density at radius 2 is 2.20 bits per heavy atom. The highest BCUT2D eigenvalue weighted by molar-refractivity contribution is 5.77. The van der Waals surface area contributed by atoms with Gasteiger partial charge >= 0.3 is 6.03 Å². The van der Waals surface area contributed by atoms with E-state index in [1.54, 1.807) is 19.2 Å². The number of amides is 2. The molecule has 1 aromatic carbocycles. The third-order valence-corrected chi connectivity index (χ3v) is 3.27. The van der Waals surface area contributed by atoms with Crippen LogP contribution in [0.25, 0.3) is 0 Å². The minimum absolute atomic E-state index is 0.0338. The van der Waals surface area contributed by atoms with Gasteiger partial charge in [-0.15, -0.1) is 0 Å². The van der Waals surface area contributed by atoms with Crippen molar-refractivity contribution in [3.8, 4) is 0 Å². The van der Waals surface area contributed by atoms with Crippen molar-refractivity contribution in [2.24, 2.45) is 0 Å². The molecule has 2 rings (SSSR count). The molecule has 0 saturated carbocycles. The summed E-state index contributed by atoms with van der Waals surface area (Å²) in [6.45, 7) is 2.06. The van der Waals surface area contributed by atoms with Crippen molar-refractivity contribution >= 4 is 11.7 Å². The highest BCUT2D eigenvalue weighted by atomic mass is 16.6. The first-order valence-corrected chi connectivity index (χ1v) is 6.51. The Morgan fingerprint density at radius 1 is 1.45 bits per heavy atom. The summed E-state index contributed by atoms with van der Waals surface area (Å²) in [4.78, 5) is 23.7. The minimum Gasteiger partial charge on any atom is -0.327 e. The van der Waals surface area contributed by atoms with E-state index in [0.717, 1.165) is 24.0 Å². The molecule has 1 heterocycles. The Labute approximate surface area is 117 Å². The normalized spacial score (nSPS) is 18.5. The van der Waals surface area contributed by atoms with E-state index in [1.165, 1.54) is 17.0 Å². The van der Waals surface area contributed by atoms with E-state index in [2.05, 4.69) is 12.2 Å². The Hall–Kier alpha value is -2.37. The van der Waals surface area contributed by atoms with Crippen LogP contribution in [0.15, 0.2) is 36.0 Å². The van der Waals surface area contributed by atoms with Gasteiger partial charge in [0.2, 0.25) is 0 Å². The van der Waals surface area contributed by atoms with Crippen LogP contribution in [0.3, 0.4) is 0 Å². The summed E-state index contributed by atoms with van der Waals surface area (Å²) in [7, 11) is 1.69. The second-order valence-corrected chi connectivity index (χ2v) is 4.80. The van der Waals surface area contributed by atoms with Gasteiger partial charge in [0.25, 0.3) is 5.69 Å². The van der Waals surface area contributed by atoms with Crippen LogP contribution in [0.4, 0.5) is 10.5 Å². The topological polar surface area (TPSA) is 75.5 Å². The van der Waals surface area contributed by atoms with Gasteiger partial charge in [-0.1, -0.05) is 25.5 Å². The number of non-ortho nitro benzene ring substituents is 1. The Bertz CT molecular complexity index is 569. The first-order valence-electron chi connectivity index (χ1n) is 6.51. The monoisotopic (exact) mass is 275 g/mol. The molecule has 0 spiro atoms. The second-order valence-electron chi connectivity index (χ2n) is 4.80. The molecule has 106 valence electrons. The van der Waals surface area contributed by atoms with Gasteiger partial charge in [0.05, 0.1) is 11.0 Å². The summed E-state index contributed by atoms with van der Waals surface area (Å²) >= 11 is 0. The number of urea groups is 1. The van der Waals surface area contributed by atoms with Gasteiger partial charge in [0.1, 0.15) is 0 Å². The molecule has 1 aliphatic heterocycles. The van der Waals surface area contributed by atoms with E-state index in [1.807, 2.05) is 6.20 Å². The second kappa shape index (κ2) is 5.73. The number of nitro groups is 1. The average molecular weight is 275 g/mol. The number of carbonyl (C=O) groups is 1. The molecule has 0 aliphatic carbocycles. The first kappa shape index (κ1) is 14.0. The smallest absolute Gasteiger partial charge is 0.321 e. The molecule has 1 aromatic rings. The molecule has 1 N–H and O–H groups in total. The van der Waals surface area contributed by atoms with Gasteiger partial charge in [-0.05, 0) is 17.6 Å². The number of nitrogens with one attached hydrogen (secondary N) is 1. The van der Waals surface area contributed by atoms with Crippen molar-refractivity contribution in [3.05, 3.63) is 51.7 Å². The maximum atomic E-state index is 11.8. The fourth-order valence-electron chi connectivity index (χ4n) is 2.31. The minimum atomic E-state index is -0.427. The molecule has 0 aromatic heterocycles. The fourth-order valence-corrected chi connectivity index (χ4v) is 2.31. The van der Waals surface area contributed by atoms with Crippen LogP contribution in [0, 0.1) is 10.1 Å². The quantitative estimate of drug-likeness (QED) is 0.678. The molecule has 20 heavy (non-hydrogen) atoms. The van der Waals surface area contributed by atoms with Gasteiger partial charge in [0.15, 0.2) is 0 Å². The van der Waals surface area contributed by atoms with Crippen LogP contribution in [0.2, 0.25) is 0 Å². The van der Waals surface area contributed by atoms with Crippen molar-refractivity contribution in [1.29, 1.82) is 0 Å². The van der Waals surface area contributed by atoms with Crippen LogP contribution in [-0.2, 0) is 0 Å². The average Bonchev–Trinajstić information content (AvgIpc) is 2.43. The largest absolute Gasteiger partial charge is 0.327 e. The summed E-state index contributed by atoms with van der Waals surface area (Å²) in [5, 5.41) is 13.7. The third kappa shape index (κ3) is 2.79. The molecule has 6 heteroatoms. The molecule has 0 radical (unpaired) electrons. The Balaban J connectivity index is 2.38. The van der Waals surface area contributed by atoms with E-state index in [9.17, 15) is 14.9 Å². The van der Waals surface area contributed by atoms with Crippen molar-refractivity contribution in [2.75, 3.05) is 7.05 Å². The molecule has 6 nitrogen and oxygen atoms in total. The lowest BCUT2D eigenvalue weighted by Crippen LogP contribution is -2.41. The molecular weight excluding hydrogens is 258 g/mol. The lowest BCUT2D eigenvalue weighted by Gasteiger charge is -2.30. The summed E-state index contributed by atoms with van der Waals surface area (Å²) in [6.07, 6.45) is 3.59. The molecule has 0 saturated heterocycles. The lowest BCUT2D eigenvalue weighted by atomic mass is 9.94. The van der Waals surface area contributed by atoms with E-state index < -0.39 is 4.92 Å². The van der Waals surface area contributed by atoms with Crippen LogP contribution in [-0.4, -0.2) is 22.9 Å².